The first kappa shape index (κ1) is 23.3. The molecular weight excluding hydrogens is 420 g/mol. The number of carbonyl (C=O) groups excluding carboxylic acids is 1. The van der Waals surface area contributed by atoms with Crippen LogP contribution in [-0.4, -0.2) is 41.9 Å². The van der Waals surface area contributed by atoms with Gasteiger partial charge in [-0.15, -0.1) is 0 Å². The number of nitrogens with zero attached hydrogens (tertiary/aromatic N) is 3. The van der Waals surface area contributed by atoms with E-state index in [0.29, 0.717) is 13.1 Å². The standard InChI is InChI=1S/C29H30N4O/c1-2-23-13-15-27(16-14-23)31-22-26(21-30)29(34)33-19-17-32(18-20-33)28(24-9-5-3-6-10-24)25-11-7-4-8-12-25/h3-16,22,28,31H,2,17-20H2,1H3/b26-22-. The highest BCUT2D eigenvalue weighted by Crippen LogP contribution is 2.29. The van der Waals surface area contributed by atoms with Crippen LogP contribution in [-0.2, 0) is 11.2 Å². The predicted molar refractivity (Wildman–Crippen MR) is 136 cm³/mol. The van der Waals surface area contributed by atoms with Crippen LogP contribution in [0.4, 0.5) is 5.69 Å². The van der Waals surface area contributed by atoms with Crippen molar-refractivity contribution in [2.45, 2.75) is 19.4 Å². The molecule has 0 aliphatic carbocycles. The van der Waals surface area contributed by atoms with Gasteiger partial charge in [0.25, 0.3) is 5.91 Å². The van der Waals surface area contributed by atoms with Crippen molar-refractivity contribution in [3.8, 4) is 6.07 Å². The number of hydrogen-bond acceptors (Lipinski definition) is 4. The molecule has 1 amide bonds. The minimum Gasteiger partial charge on any atom is -0.360 e. The molecule has 1 fully saturated rings. The van der Waals surface area contributed by atoms with Gasteiger partial charge in [0.2, 0.25) is 0 Å². The third-order valence-electron chi connectivity index (χ3n) is 6.29. The van der Waals surface area contributed by atoms with E-state index in [0.717, 1.165) is 25.2 Å². The van der Waals surface area contributed by atoms with Crippen LogP contribution >= 0.6 is 0 Å². The summed E-state index contributed by atoms with van der Waals surface area (Å²) < 4.78 is 0. The van der Waals surface area contributed by atoms with Gasteiger partial charge in [-0.05, 0) is 35.2 Å². The van der Waals surface area contributed by atoms with Crippen LogP contribution in [0.1, 0.15) is 29.7 Å². The Kier molecular flexibility index (Phi) is 7.75. The average molecular weight is 451 g/mol. The van der Waals surface area contributed by atoms with Gasteiger partial charge in [-0.1, -0.05) is 79.7 Å². The molecule has 1 aliphatic heterocycles. The second-order valence-electron chi connectivity index (χ2n) is 8.42. The molecule has 0 unspecified atom stereocenters. The molecule has 0 spiro atoms. The monoisotopic (exact) mass is 450 g/mol. The summed E-state index contributed by atoms with van der Waals surface area (Å²) in [7, 11) is 0. The molecule has 0 bridgehead atoms. The fourth-order valence-electron chi connectivity index (χ4n) is 4.37. The summed E-state index contributed by atoms with van der Waals surface area (Å²) in [6, 6.07) is 31.2. The van der Waals surface area contributed by atoms with Crippen molar-refractivity contribution < 1.29 is 4.79 Å². The molecule has 1 aliphatic rings. The van der Waals surface area contributed by atoms with E-state index in [2.05, 4.69) is 71.7 Å². The summed E-state index contributed by atoms with van der Waals surface area (Å²) in [6.07, 6.45) is 2.49. The van der Waals surface area contributed by atoms with E-state index in [1.807, 2.05) is 36.4 Å². The lowest BCUT2D eigenvalue weighted by atomic mass is 9.96. The van der Waals surface area contributed by atoms with E-state index < -0.39 is 0 Å². The molecule has 0 radical (unpaired) electrons. The lowest BCUT2D eigenvalue weighted by Crippen LogP contribution is -2.50. The molecule has 1 saturated heterocycles. The summed E-state index contributed by atoms with van der Waals surface area (Å²) in [5.41, 5.74) is 4.70. The molecular formula is C29H30N4O. The van der Waals surface area contributed by atoms with E-state index in [1.54, 1.807) is 4.90 Å². The van der Waals surface area contributed by atoms with Gasteiger partial charge >= 0.3 is 0 Å². The third-order valence-corrected chi connectivity index (χ3v) is 6.29. The smallest absolute Gasteiger partial charge is 0.266 e. The fraction of sp³-hybridized carbons (Fsp3) is 0.241. The van der Waals surface area contributed by atoms with Crippen molar-refractivity contribution in [3.05, 3.63) is 113 Å². The van der Waals surface area contributed by atoms with Crippen molar-refractivity contribution in [1.29, 1.82) is 5.26 Å². The first-order valence-corrected chi connectivity index (χ1v) is 11.8. The van der Waals surface area contributed by atoms with Gasteiger partial charge in [-0.2, -0.15) is 5.26 Å². The number of benzene rings is 3. The van der Waals surface area contributed by atoms with Crippen LogP contribution in [0.15, 0.2) is 96.7 Å². The normalized spacial score (nSPS) is 14.6. The Morgan fingerprint density at radius 3 is 1.97 bits per heavy atom. The highest BCUT2D eigenvalue weighted by molar-refractivity contribution is 5.97. The van der Waals surface area contributed by atoms with Gasteiger partial charge in [-0.25, -0.2) is 0 Å². The second-order valence-corrected chi connectivity index (χ2v) is 8.42. The molecule has 5 nitrogen and oxygen atoms in total. The topological polar surface area (TPSA) is 59.4 Å². The van der Waals surface area contributed by atoms with Crippen LogP contribution in [0.5, 0.6) is 0 Å². The SMILES string of the molecule is CCc1ccc(N/C=C(/C#N)C(=O)N2CCN(C(c3ccccc3)c3ccccc3)CC2)cc1. The molecule has 4 rings (SSSR count). The minimum absolute atomic E-state index is 0.121. The summed E-state index contributed by atoms with van der Waals surface area (Å²) in [5, 5.41) is 12.7. The maximum Gasteiger partial charge on any atom is 0.266 e. The average Bonchev–Trinajstić information content (AvgIpc) is 2.91. The summed E-state index contributed by atoms with van der Waals surface area (Å²) in [5.74, 6) is -0.226. The number of piperazine rings is 1. The Balaban J connectivity index is 1.43. The number of carbonyl (C=O) groups is 1. The Bertz CT molecular complexity index is 1100. The molecule has 34 heavy (non-hydrogen) atoms. The highest BCUT2D eigenvalue weighted by Gasteiger charge is 2.29. The number of anilines is 1. The number of rotatable bonds is 7. The number of nitrogens with one attached hydrogen (secondary N) is 1. The van der Waals surface area contributed by atoms with Gasteiger partial charge in [0.05, 0.1) is 6.04 Å². The van der Waals surface area contributed by atoms with Crippen LogP contribution in [0.25, 0.3) is 0 Å². The van der Waals surface area contributed by atoms with Crippen molar-refractivity contribution in [2.24, 2.45) is 0 Å². The lowest BCUT2D eigenvalue weighted by Gasteiger charge is -2.39. The second kappa shape index (κ2) is 11.3. The Morgan fingerprint density at radius 1 is 0.912 bits per heavy atom. The zero-order valence-electron chi connectivity index (χ0n) is 19.5. The number of nitriles is 1. The van der Waals surface area contributed by atoms with Crippen LogP contribution < -0.4 is 5.32 Å². The first-order valence-electron chi connectivity index (χ1n) is 11.8. The molecule has 1 N–H and O–H groups in total. The fourth-order valence-corrected chi connectivity index (χ4v) is 4.37. The maximum absolute atomic E-state index is 13.0. The minimum atomic E-state index is -0.226. The van der Waals surface area contributed by atoms with Gasteiger partial charge < -0.3 is 10.2 Å². The number of aryl methyl sites for hydroxylation is 1. The number of hydrogen-bond donors (Lipinski definition) is 1. The zero-order chi connectivity index (χ0) is 23.8. The molecule has 3 aromatic carbocycles. The third kappa shape index (κ3) is 5.54. The van der Waals surface area contributed by atoms with Crippen molar-refractivity contribution in [1.82, 2.24) is 9.80 Å². The van der Waals surface area contributed by atoms with E-state index in [-0.39, 0.29) is 17.5 Å². The van der Waals surface area contributed by atoms with E-state index >= 15 is 0 Å². The molecule has 3 aromatic rings. The molecule has 172 valence electrons. The summed E-state index contributed by atoms with van der Waals surface area (Å²) in [4.78, 5) is 17.2. The van der Waals surface area contributed by atoms with Gasteiger partial charge in [0.15, 0.2) is 0 Å². The van der Waals surface area contributed by atoms with Crippen molar-refractivity contribution in [3.63, 3.8) is 0 Å². The molecule has 5 heteroatoms. The van der Waals surface area contributed by atoms with Crippen molar-refractivity contribution in [2.75, 3.05) is 31.5 Å². The Hall–Kier alpha value is -3.88. The van der Waals surface area contributed by atoms with Gasteiger partial charge in [0, 0.05) is 38.1 Å². The summed E-state index contributed by atoms with van der Waals surface area (Å²) in [6.45, 7) is 4.75. The lowest BCUT2D eigenvalue weighted by molar-refractivity contribution is -0.128. The Morgan fingerprint density at radius 2 is 1.47 bits per heavy atom. The quantitative estimate of drug-likeness (QED) is 0.406. The van der Waals surface area contributed by atoms with Gasteiger partial charge in [0.1, 0.15) is 11.6 Å². The predicted octanol–water partition coefficient (Wildman–Crippen LogP) is 5.00. The summed E-state index contributed by atoms with van der Waals surface area (Å²) >= 11 is 0. The van der Waals surface area contributed by atoms with Gasteiger partial charge in [-0.3, -0.25) is 9.69 Å². The molecule has 1 heterocycles. The zero-order valence-corrected chi connectivity index (χ0v) is 19.5. The van der Waals surface area contributed by atoms with E-state index in [4.69, 9.17) is 0 Å². The maximum atomic E-state index is 13.0. The van der Waals surface area contributed by atoms with Crippen LogP contribution in [0.2, 0.25) is 0 Å². The molecule has 0 atom stereocenters. The van der Waals surface area contributed by atoms with E-state index in [9.17, 15) is 10.1 Å². The largest absolute Gasteiger partial charge is 0.360 e. The van der Waals surface area contributed by atoms with Crippen LogP contribution in [0.3, 0.4) is 0 Å². The van der Waals surface area contributed by atoms with E-state index in [1.165, 1.54) is 22.9 Å². The van der Waals surface area contributed by atoms with Crippen molar-refractivity contribution >= 4 is 11.6 Å². The number of amides is 1. The molecule has 0 saturated carbocycles. The highest BCUT2D eigenvalue weighted by atomic mass is 16.2. The van der Waals surface area contributed by atoms with Crippen LogP contribution in [0, 0.1) is 11.3 Å². The molecule has 0 aromatic heterocycles. The Labute approximate surface area is 201 Å². The first-order chi connectivity index (χ1) is 16.7.